The molecule has 1 aromatic carbocycles. The van der Waals surface area contributed by atoms with Crippen molar-refractivity contribution in [1.29, 1.82) is 0 Å². The fourth-order valence-electron chi connectivity index (χ4n) is 2.49. The maximum atomic E-state index is 13.4. The molecule has 5 heteroatoms. The van der Waals surface area contributed by atoms with Crippen molar-refractivity contribution in [3.05, 3.63) is 45.9 Å². The van der Waals surface area contributed by atoms with Crippen LogP contribution < -0.4 is 0 Å². The summed E-state index contributed by atoms with van der Waals surface area (Å²) in [6.45, 7) is 1.79. The molecule has 100 valence electrons. The summed E-state index contributed by atoms with van der Waals surface area (Å²) in [5, 5.41) is 6.70. The third kappa shape index (κ3) is 2.76. The molecule has 1 unspecified atom stereocenters. The highest BCUT2D eigenvalue weighted by atomic mass is 32.1. The molecule has 1 aliphatic rings. The molecule has 2 aromatic rings. The van der Waals surface area contributed by atoms with Gasteiger partial charge in [-0.2, -0.15) is 0 Å². The van der Waals surface area contributed by atoms with Crippen LogP contribution in [-0.4, -0.2) is 10.2 Å². The Kier molecular flexibility index (Phi) is 3.22. The fraction of sp³-hybridized carbons (Fsp3) is 0.429. The minimum absolute atomic E-state index is 0.157. The van der Waals surface area contributed by atoms with Crippen LogP contribution in [0.5, 0.6) is 0 Å². The Hall–Kier alpha value is -1.49. The van der Waals surface area contributed by atoms with Crippen molar-refractivity contribution in [2.75, 3.05) is 0 Å². The molecule has 1 heterocycles. The number of hydrogen-bond donors (Lipinski definition) is 1. The van der Waals surface area contributed by atoms with E-state index in [-0.39, 0.29) is 5.82 Å². The predicted octanol–water partition coefficient (Wildman–Crippen LogP) is 3.92. The Labute approximate surface area is 115 Å². The van der Waals surface area contributed by atoms with Crippen LogP contribution in [0.25, 0.3) is 0 Å². The Balaban J connectivity index is 1.88. The zero-order chi connectivity index (χ0) is 13.4. The van der Waals surface area contributed by atoms with Crippen LogP contribution in [0.3, 0.4) is 0 Å². The first-order valence-electron chi connectivity index (χ1n) is 6.44. The lowest BCUT2D eigenvalue weighted by Gasteiger charge is -2.15. The van der Waals surface area contributed by atoms with Crippen LogP contribution in [0.4, 0.5) is 4.39 Å². The predicted molar refractivity (Wildman–Crippen MR) is 72.0 cm³/mol. The summed E-state index contributed by atoms with van der Waals surface area (Å²) in [6.07, 6.45) is 3.14. The van der Waals surface area contributed by atoms with E-state index in [4.69, 9.17) is 16.6 Å². The third-order valence-electron chi connectivity index (χ3n) is 3.68. The fourth-order valence-corrected chi connectivity index (χ4v) is 2.63. The Morgan fingerprint density at radius 1 is 1.53 bits per heavy atom. The molecule has 0 spiro atoms. The first kappa shape index (κ1) is 12.5. The normalized spacial score (nSPS) is 16.5. The first-order chi connectivity index (χ1) is 9.13. The van der Waals surface area contributed by atoms with Crippen LogP contribution in [0, 0.1) is 23.5 Å². The molecule has 0 bridgehead atoms. The molecule has 0 amide bonds. The smallest absolute Gasteiger partial charge is 0.284 e. The highest BCUT2D eigenvalue weighted by Gasteiger charge is 2.33. The van der Waals surface area contributed by atoms with E-state index in [1.165, 1.54) is 12.8 Å². The SMILES string of the molecule is Cc1cc(C(Cc2n[nH]c(=S)o2)C2CC2)ccc1F. The van der Waals surface area contributed by atoms with Gasteiger partial charge in [0.05, 0.1) is 0 Å². The molecule has 0 radical (unpaired) electrons. The first-order valence-corrected chi connectivity index (χ1v) is 6.85. The number of hydrogen-bond acceptors (Lipinski definition) is 3. The lowest BCUT2D eigenvalue weighted by Crippen LogP contribution is -2.06. The quantitative estimate of drug-likeness (QED) is 0.862. The van der Waals surface area contributed by atoms with Crippen molar-refractivity contribution in [3.8, 4) is 0 Å². The molecular formula is C14H15FN2OS. The number of nitrogens with one attached hydrogen (secondary N) is 1. The number of aryl methyl sites for hydroxylation is 1. The summed E-state index contributed by atoms with van der Waals surface area (Å²) in [7, 11) is 0. The lowest BCUT2D eigenvalue weighted by molar-refractivity contribution is 0.445. The van der Waals surface area contributed by atoms with E-state index in [2.05, 4.69) is 10.2 Å². The van der Waals surface area contributed by atoms with Crippen molar-refractivity contribution >= 4 is 12.2 Å². The number of aromatic amines is 1. The molecule has 19 heavy (non-hydrogen) atoms. The third-order valence-corrected chi connectivity index (χ3v) is 3.85. The number of H-pyrrole nitrogens is 1. The van der Waals surface area contributed by atoms with Gasteiger partial charge in [0.15, 0.2) is 0 Å². The number of benzene rings is 1. The molecule has 1 aromatic heterocycles. The summed E-state index contributed by atoms with van der Waals surface area (Å²) in [5.41, 5.74) is 1.84. The van der Waals surface area contributed by atoms with Gasteiger partial charge in [-0.3, -0.25) is 0 Å². The van der Waals surface area contributed by atoms with Gasteiger partial charge in [0.2, 0.25) is 5.89 Å². The van der Waals surface area contributed by atoms with Crippen molar-refractivity contribution in [1.82, 2.24) is 10.2 Å². The molecule has 1 N–H and O–H groups in total. The van der Waals surface area contributed by atoms with Gasteiger partial charge in [-0.15, -0.1) is 5.10 Å². The second-order valence-corrected chi connectivity index (χ2v) is 5.53. The van der Waals surface area contributed by atoms with Crippen molar-refractivity contribution in [2.24, 2.45) is 5.92 Å². The molecule has 1 aliphatic carbocycles. The standard InChI is InChI=1S/C14H15FN2OS/c1-8-6-10(4-5-12(8)15)11(9-2-3-9)7-13-16-17-14(19)18-13/h4-6,9,11H,2-3,7H2,1H3,(H,17,19). The minimum atomic E-state index is -0.157. The lowest BCUT2D eigenvalue weighted by atomic mass is 9.90. The summed E-state index contributed by atoms with van der Waals surface area (Å²) in [6, 6.07) is 5.34. The van der Waals surface area contributed by atoms with Gasteiger partial charge in [0, 0.05) is 6.42 Å². The second-order valence-electron chi connectivity index (χ2n) is 5.16. The molecule has 1 saturated carbocycles. The zero-order valence-corrected chi connectivity index (χ0v) is 11.5. The Bertz CT molecular complexity index is 645. The minimum Gasteiger partial charge on any atom is -0.414 e. The average Bonchev–Trinajstić information content (AvgIpc) is 3.14. The van der Waals surface area contributed by atoms with Gasteiger partial charge < -0.3 is 4.42 Å². The van der Waals surface area contributed by atoms with E-state index in [1.807, 2.05) is 12.1 Å². The molecule has 3 rings (SSSR count). The summed E-state index contributed by atoms with van der Waals surface area (Å²) >= 11 is 4.89. The van der Waals surface area contributed by atoms with E-state index >= 15 is 0 Å². The number of nitrogens with zero attached hydrogens (tertiary/aromatic N) is 1. The van der Waals surface area contributed by atoms with E-state index in [0.29, 0.717) is 34.5 Å². The number of aromatic nitrogens is 2. The Morgan fingerprint density at radius 2 is 2.32 bits per heavy atom. The van der Waals surface area contributed by atoms with Crippen LogP contribution in [0.2, 0.25) is 0 Å². The van der Waals surface area contributed by atoms with Crippen LogP contribution in [-0.2, 0) is 6.42 Å². The van der Waals surface area contributed by atoms with Gasteiger partial charge in [0.1, 0.15) is 5.82 Å². The highest BCUT2D eigenvalue weighted by Crippen LogP contribution is 2.44. The molecule has 1 fully saturated rings. The van der Waals surface area contributed by atoms with Crippen molar-refractivity contribution in [3.63, 3.8) is 0 Å². The average molecular weight is 278 g/mol. The Morgan fingerprint density at radius 3 is 2.89 bits per heavy atom. The largest absolute Gasteiger partial charge is 0.414 e. The summed E-state index contributed by atoms with van der Waals surface area (Å²) in [5.74, 6) is 1.45. The van der Waals surface area contributed by atoms with Crippen molar-refractivity contribution in [2.45, 2.75) is 32.1 Å². The number of halogens is 1. The van der Waals surface area contributed by atoms with Gasteiger partial charge in [0.25, 0.3) is 4.84 Å². The van der Waals surface area contributed by atoms with E-state index in [1.54, 1.807) is 13.0 Å². The monoisotopic (exact) mass is 278 g/mol. The van der Waals surface area contributed by atoms with Gasteiger partial charge in [-0.05, 0) is 61.0 Å². The molecule has 3 nitrogen and oxygen atoms in total. The molecule has 0 aliphatic heterocycles. The van der Waals surface area contributed by atoms with Crippen molar-refractivity contribution < 1.29 is 8.81 Å². The molecule has 1 atom stereocenters. The van der Waals surface area contributed by atoms with Crippen LogP contribution in [0.15, 0.2) is 22.6 Å². The summed E-state index contributed by atoms with van der Waals surface area (Å²) in [4.78, 5) is 0.305. The second kappa shape index (κ2) is 4.89. The van der Waals surface area contributed by atoms with Gasteiger partial charge in [-0.25, -0.2) is 9.49 Å². The molecule has 0 saturated heterocycles. The number of rotatable bonds is 4. The highest BCUT2D eigenvalue weighted by molar-refractivity contribution is 7.71. The van der Waals surface area contributed by atoms with Crippen LogP contribution >= 0.6 is 12.2 Å². The maximum absolute atomic E-state index is 13.4. The van der Waals surface area contributed by atoms with Crippen LogP contribution in [0.1, 0.15) is 35.8 Å². The maximum Gasteiger partial charge on any atom is 0.284 e. The van der Waals surface area contributed by atoms with Gasteiger partial charge >= 0.3 is 0 Å². The topological polar surface area (TPSA) is 41.8 Å². The van der Waals surface area contributed by atoms with E-state index in [9.17, 15) is 4.39 Å². The van der Waals surface area contributed by atoms with E-state index < -0.39 is 0 Å². The van der Waals surface area contributed by atoms with Gasteiger partial charge in [-0.1, -0.05) is 12.1 Å². The summed E-state index contributed by atoms with van der Waals surface area (Å²) < 4.78 is 18.7. The van der Waals surface area contributed by atoms with E-state index in [0.717, 1.165) is 5.56 Å². The molecular weight excluding hydrogens is 263 g/mol. The zero-order valence-electron chi connectivity index (χ0n) is 10.6.